The van der Waals surface area contributed by atoms with Gasteiger partial charge in [0.1, 0.15) is 18.1 Å². The maximum atomic E-state index is 11.4. The first-order valence-corrected chi connectivity index (χ1v) is 10.4. The summed E-state index contributed by atoms with van der Waals surface area (Å²) in [4.78, 5) is 17.2. The Bertz CT molecular complexity index is 1100. The molecule has 0 atom stereocenters. The molecule has 1 amide bonds. The number of pyridine rings is 1. The van der Waals surface area contributed by atoms with E-state index in [2.05, 4.69) is 23.2 Å². The van der Waals surface area contributed by atoms with Crippen molar-refractivity contribution in [3.8, 4) is 22.6 Å². The highest BCUT2D eigenvalue weighted by Crippen LogP contribution is 2.39. The zero-order valence-corrected chi connectivity index (χ0v) is 17.8. The van der Waals surface area contributed by atoms with Gasteiger partial charge >= 0.3 is 6.09 Å². The van der Waals surface area contributed by atoms with Gasteiger partial charge in [-0.15, -0.1) is 0 Å². The molecule has 4 rings (SSSR count). The monoisotopic (exact) mass is 418 g/mol. The molecule has 31 heavy (non-hydrogen) atoms. The van der Waals surface area contributed by atoms with E-state index in [1.807, 2.05) is 37.3 Å². The molecule has 3 aromatic rings. The van der Waals surface area contributed by atoms with Gasteiger partial charge in [0.15, 0.2) is 0 Å². The minimum absolute atomic E-state index is 0.361. The number of hydrogen-bond acceptors (Lipinski definition) is 4. The average Bonchev–Trinajstić information content (AvgIpc) is 2.99. The number of rotatable bonds is 5. The molecule has 1 aliphatic rings. The van der Waals surface area contributed by atoms with E-state index in [9.17, 15) is 9.90 Å². The predicted molar refractivity (Wildman–Crippen MR) is 119 cm³/mol. The third-order valence-electron chi connectivity index (χ3n) is 5.62. The van der Waals surface area contributed by atoms with Gasteiger partial charge in [0.2, 0.25) is 0 Å². The molecule has 2 heterocycles. The molecule has 0 spiro atoms. The average molecular weight is 418 g/mol. The summed E-state index contributed by atoms with van der Waals surface area (Å²) in [5, 5.41) is 9.34. The lowest BCUT2D eigenvalue weighted by atomic mass is 9.95. The SMILES string of the molecule is COc1cccc(OCc2cc(C)ccn2)c1-c1ccc2c(c1)CCN(C(=O)O)CC2. The number of benzene rings is 2. The van der Waals surface area contributed by atoms with Gasteiger partial charge in [-0.3, -0.25) is 4.98 Å². The molecule has 1 aromatic heterocycles. The van der Waals surface area contributed by atoms with E-state index in [4.69, 9.17) is 9.47 Å². The Morgan fingerprint density at radius 1 is 1.06 bits per heavy atom. The van der Waals surface area contributed by atoms with Crippen LogP contribution in [0.1, 0.15) is 22.4 Å². The van der Waals surface area contributed by atoms with Crippen LogP contribution in [0.4, 0.5) is 4.79 Å². The summed E-state index contributed by atoms with van der Waals surface area (Å²) in [6.07, 6.45) is 2.33. The van der Waals surface area contributed by atoms with Gasteiger partial charge in [-0.25, -0.2) is 4.79 Å². The molecular formula is C25H26N2O4. The van der Waals surface area contributed by atoms with Crippen molar-refractivity contribution in [2.45, 2.75) is 26.4 Å². The van der Waals surface area contributed by atoms with Crippen LogP contribution < -0.4 is 9.47 Å². The van der Waals surface area contributed by atoms with E-state index < -0.39 is 6.09 Å². The van der Waals surface area contributed by atoms with Gasteiger partial charge in [-0.1, -0.05) is 24.3 Å². The summed E-state index contributed by atoms with van der Waals surface area (Å²) in [7, 11) is 1.65. The molecule has 1 aliphatic heterocycles. The largest absolute Gasteiger partial charge is 0.496 e. The molecule has 0 radical (unpaired) electrons. The molecule has 1 N–H and O–H groups in total. The fourth-order valence-corrected chi connectivity index (χ4v) is 3.99. The Morgan fingerprint density at radius 3 is 2.58 bits per heavy atom. The highest BCUT2D eigenvalue weighted by molar-refractivity contribution is 5.77. The molecule has 2 aromatic carbocycles. The second kappa shape index (κ2) is 9.08. The summed E-state index contributed by atoms with van der Waals surface area (Å²) >= 11 is 0. The first-order chi connectivity index (χ1) is 15.0. The van der Waals surface area contributed by atoms with Crippen molar-refractivity contribution in [1.29, 1.82) is 0 Å². The molecular weight excluding hydrogens is 392 g/mol. The van der Waals surface area contributed by atoms with E-state index in [-0.39, 0.29) is 0 Å². The smallest absolute Gasteiger partial charge is 0.407 e. The number of aromatic nitrogens is 1. The van der Waals surface area contributed by atoms with Crippen LogP contribution in [-0.2, 0) is 19.4 Å². The summed E-state index contributed by atoms with van der Waals surface area (Å²) < 4.78 is 11.8. The molecule has 6 heteroatoms. The number of fused-ring (bicyclic) bond motifs is 1. The van der Waals surface area contributed by atoms with Crippen molar-refractivity contribution < 1.29 is 19.4 Å². The molecule has 0 fully saturated rings. The first-order valence-electron chi connectivity index (χ1n) is 10.4. The van der Waals surface area contributed by atoms with Gasteiger partial charge < -0.3 is 19.5 Å². The maximum Gasteiger partial charge on any atom is 0.407 e. The summed E-state index contributed by atoms with van der Waals surface area (Å²) in [6, 6.07) is 16.0. The van der Waals surface area contributed by atoms with Crippen LogP contribution in [0.2, 0.25) is 0 Å². The van der Waals surface area contributed by atoms with E-state index in [0.29, 0.717) is 26.1 Å². The number of amides is 1. The molecule has 0 unspecified atom stereocenters. The summed E-state index contributed by atoms with van der Waals surface area (Å²) in [5.74, 6) is 1.46. The summed E-state index contributed by atoms with van der Waals surface area (Å²) in [6.45, 7) is 3.41. The third-order valence-corrected chi connectivity index (χ3v) is 5.62. The van der Waals surface area contributed by atoms with Crippen LogP contribution in [0.15, 0.2) is 54.7 Å². The lowest BCUT2D eigenvalue weighted by Crippen LogP contribution is -2.31. The molecule has 160 valence electrons. The normalized spacial score (nSPS) is 13.3. The van der Waals surface area contributed by atoms with E-state index in [1.54, 1.807) is 13.3 Å². The quantitative estimate of drug-likeness (QED) is 0.649. The Hall–Kier alpha value is -3.54. The lowest BCUT2D eigenvalue weighted by Gasteiger charge is -2.17. The first kappa shape index (κ1) is 20.7. The van der Waals surface area contributed by atoms with Crippen LogP contribution in [-0.4, -0.2) is 41.3 Å². The number of nitrogens with zero attached hydrogens (tertiary/aromatic N) is 2. The van der Waals surface area contributed by atoms with Gasteiger partial charge in [-0.2, -0.15) is 0 Å². The van der Waals surface area contributed by atoms with Crippen molar-refractivity contribution in [3.05, 3.63) is 77.1 Å². The second-order valence-electron chi connectivity index (χ2n) is 7.70. The second-order valence-corrected chi connectivity index (χ2v) is 7.70. The Balaban J connectivity index is 1.65. The lowest BCUT2D eigenvalue weighted by molar-refractivity contribution is 0.147. The molecule has 0 saturated carbocycles. The van der Waals surface area contributed by atoms with Crippen LogP contribution in [0.3, 0.4) is 0 Å². The number of carboxylic acid groups (broad SMARTS) is 1. The minimum atomic E-state index is -0.863. The predicted octanol–water partition coefficient (Wildman–Crippen LogP) is 4.72. The van der Waals surface area contributed by atoms with Gasteiger partial charge in [0, 0.05) is 19.3 Å². The van der Waals surface area contributed by atoms with Crippen molar-refractivity contribution in [3.63, 3.8) is 0 Å². The minimum Gasteiger partial charge on any atom is -0.496 e. The van der Waals surface area contributed by atoms with Gasteiger partial charge in [0.05, 0.1) is 18.4 Å². The van der Waals surface area contributed by atoms with E-state index >= 15 is 0 Å². The van der Waals surface area contributed by atoms with Crippen molar-refractivity contribution in [2.24, 2.45) is 0 Å². The topological polar surface area (TPSA) is 71.9 Å². The van der Waals surface area contributed by atoms with Crippen LogP contribution in [0, 0.1) is 6.92 Å². The van der Waals surface area contributed by atoms with Crippen LogP contribution >= 0.6 is 0 Å². The number of hydrogen-bond donors (Lipinski definition) is 1. The van der Waals surface area contributed by atoms with Crippen molar-refractivity contribution in [2.75, 3.05) is 20.2 Å². The molecule has 0 bridgehead atoms. The molecule has 6 nitrogen and oxygen atoms in total. The number of methoxy groups -OCH3 is 1. The molecule has 0 aliphatic carbocycles. The van der Waals surface area contributed by atoms with Gasteiger partial charge in [0.25, 0.3) is 0 Å². The fourth-order valence-electron chi connectivity index (χ4n) is 3.99. The Morgan fingerprint density at radius 2 is 1.84 bits per heavy atom. The zero-order valence-electron chi connectivity index (χ0n) is 17.8. The molecule has 0 saturated heterocycles. The number of carbonyl (C=O) groups is 1. The summed E-state index contributed by atoms with van der Waals surface area (Å²) in [5.41, 5.74) is 6.24. The fraction of sp³-hybridized carbons (Fsp3) is 0.280. The Kier molecular flexibility index (Phi) is 6.07. The number of ether oxygens (including phenoxy) is 2. The third kappa shape index (κ3) is 4.63. The highest BCUT2D eigenvalue weighted by Gasteiger charge is 2.20. The van der Waals surface area contributed by atoms with Crippen LogP contribution in [0.25, 0.3) is 11.1 Å². The van der Waals surface area contributed by atoms with Gasteiger partial charge in [-0.05, 0) is 66.3 Å². The zero-order chi connectivity index (χ0) is 21.8. The maximum absolute atomic E-state index is 11.4. The Labute approximate surface area is 182 Å². The number of aryl methyl sites for hydroxylation is 1. The van der Waals surface area contributed by atoms with Crippen LogP contribution in [0.5, 0.6) is 11.5 Å². The van der Waals surface area contributed by atoms with Crippen molar-refractivity contribution in [1.82, 2.24) is 9.88 Å². The highest BCUT2D eigenvalue weighted by atomic mass is 16.5. The van der Waals surface area contributed by atoms with E-state index in [1.165, 1.54) is 16.0 Å². The van der Waals surface area contributed by atoms with E-state index in [0.717, 1.165) is 40.3 Å². The van der Waals surface area contributed by atoms with Crippen molar-refractivity contribution >= 4 is 6.09 Å². The standard InChI is InChI=1S/C25H26N2O4/c1-17-8-11-26-21(14-17)16-31-23-5-3-4-22(30-2)24(23)20-7-6-18-9-12-27(25(28)29)13-10-19(18)15-20/h3-8,11,14-15H,9-10,12-13,16H2,1-2H3,(H,28,29).